The largest absolute Gasteiger partial charge is 1.00 e. The van der Waals surface area contributed by atoms with Gasteiger partial charge in [-0.1, -0.05) is 36.9 Å². The summed E-state index contributed by atoms with van der Waals surface area (Å²) in [6.45, 7) is 11.8. The Bertz CT molecular complexity index is 1550. The standard InChI is InChI=1S/C17H19NSi.C16H13.2ClH.Zr/c1-11-10-14-15(17-12(2)16(14)19(17,3)4)18(11)13-8-6-5-7-9-13;1-12-10-14-8-5-9-15(16(14)11-12)13-6-3-2-4-7-13;;;/h5-10,16H,1-4H3;2-11H,1H3;2*1H;/q;;;;+2/p-2. The van der Waals surface area contributed by atoms with E-state index in [0.717, 1.165) is 5.54 Å². The minimum atomic E-state index is -1.19. The van der Waals surface area contributed by atoms with Crippen molar-refractivity contribution in [1.82, 2.24) is 4.57 Å². The van der Waals surface area contributed by atoms with Gasteiger partial charge in [0.05, 0.1) is 8.07 Å². The average molecular weight is 633 g/mol. The molecule has 0 saturated carbocycles. The molecule has 0 spiro atoms. The van der Waals surface area contributed by atoms with E-state index in [1.165, 1.54) is 44.9 Å². The number of fused-ring (bicyclic) bond motifs is 1. The molecule has 191 valence electrons. The summed E-state index contributed by atoms with van der Waals surface area (Å²) in [4.78, 5) is 0. The maximum atomic E-state index is 2.52. The maximum absolute atomic E-state index is 2.52. The molecule has 5 heteroatoms. The summed E-state index contributed by atoms with van der Waals surface area (Å²) in [5.74, 6) is 0. The van der Waals surface area contributed by atoms with E-state index in [2.05, 4.69) is 129 Å². The van der Waals surface area contributed by atoms with Gasteiger partial charge in [0.25, 0.3) is 0 Å². The van der Waals surface area contributed by atoms with Crippen LogP contribution in [0.1, 0.15) is 51.1 Å². The van der Waals surface area contributed by atoms with Crippen LogP contribution in [0.2, 0.25) is 13.1 Å². The van der Waals surface area contributed by atoms with Crippen LogP contribution in [0.4, 0.5) is 0 Å². The van der Waals surface area contributed by atoms with Crippen LogP contribution in [0.15, 0.2) is 96.1 Å². The second-order valence-corrected chi connectivity index (χ2v) is 16.9. The van der Waals surface area contributed by atoms with E-state index in [-0.39, 0.29) is 24.8 Å². The molecule has 3 aromatic carbocycles. The molecular weight excluding hydrogens is 601 g/mol. The van der Waals surface area contributed by atoms with Crippen molar-refractivity contribution in [1.29, 1.82) is 0 Å². The van der Waals surface area contributed by atoms with Gasteiger partial charge >= 0.3 is 118 Å². The first kappa shape index (κ1) is 29.1. The molecule has 0 radical (unpaired) electrons. The number of hydrogen-bond acceptors (Lipinski definition) is 0. The first-order chi connectivity index (χ1) is 17.3. The molecule has 0 N–H and O–H groups in total. The van der Waals surface area contributed by atoms with Crippen molar-refractivity contribution in [3.63, 3.8) is 0 Å². The molecule has 0 saturated heterocycles. The second kappa shape index (κ2) is 10.9. The van der Waals surface area contributed by atoms with Crippen LogP contribution >= 0.6 is 0 Å². The number of allylic oxidation sites excluding steroid dienone is 2. The summed E-state index contributed by atoms with van der Waals surface area (Å²) in [5, 5.41) is 1.71. The zero-order valence-electron chi connectivity index (χ0n) is 22.5. The summed E-state index contributed by atoms with van der Waals surface area (Å²) >= 11 is 1.58. The van der Waals surface area contributed by atoms with Gasteiger partial charge in [-0.25, -0.2) is 0 Å². The SMILES string of the molecule is CC1=C2c3c(cc(C)n3-c3ccccc3)C1[Si]2(C)C.CC1=Cc2c(-c3ccccc3)cccc2[CH]1[Zr+2].[Cl-].[Cl-]. The van der Waals surface area contributed by atoms with E-state index in [0.29, 0.717) is 3.63 Å². The summed E-state index contributed by atoms with van der Waals surface area (Å²) in [5.41, 5.74) is 15.3. The van der Waals surface area contributed by atoms with Gasteiger partial charge in [-0.3, -0.25) is 0 Å². The molecule has 3 heterocycles. The van der Waals surface area contributed by atoms with Crippen molar-refractivity contribution < 1.29 is 49.5 Å². The predicted octanol–water partition coefficient (Wildman–Crippen LogP) is 2.82. The number of aromatic nitrogens is 1. The molecule has 2 atom stereocenters. The Kier molecular flexibility index (Phi) is 8.37. The Morgan fingerprint density at radius 2 is 1.39 bits per heavy atom. The van der Waals surface area contributed by atoms with Crippen LogP contribution < -0.4 is 24.8 Å². The van der Waals surface area contributed by atoms with E-state index < -0.39 is 8.07 Å². The molecule has 1 aromatic heterocycles. The molecule has 2 bridgehead atoms. The Morgan fingerprint density at radius 3 is 2.03 bits per heavy atom. The number of halogens is 2. The molecule has 4 aliphatic rings. The van der Waals surface area contributed by atoms with Gasteiger partial charge in [-0.15, -0.1) is 0 Å². The van der Waals surface area contributed by atoms with Crippen LogP contribution in [0.5, 0.6) is 0 Å². The van der Waals surface area contributed by atoms with Gasteiger partial charge in [-0.05, 0) is 42.8 Å². The smallest absolute Gasteiger partial charge is 1.00 e. The topological polar surface area (TPSA) is 4.93 Å². The van der Waals surface area contributed by atoms with Gasteiger partial charge in [0.15, 0.2) is 0 Å². The van der Waals surface area contributed by atoms with E-state index in [9.17, 15) is 0 Å². The molecule has 2 unspecified atom stereocenters. The molecular formula is C33H32Cl2NSiZr. The molecule has 2 aliphatic heterocycles. The van der Waals surface area contributed by atoms with Crippen molar-refractivity contribution in [3.8, 4) is 16.8 Å². The minimum absolute atomic E-state index is 0. The van der Waals surface area contributed by atoms with Gasteiger partial charge in [0.2, 0.25) is 0 Å². The van der Waals surface area contributed by atoms with Gasteiger partial charge in [-0.2, -0.15) is 0 Å². The fourth-order valence-electron chi connectivity index (χ4n) is 6.85. The van der Waals surface area contributed by atoms with E-state index in [1.54, 1.807) is 41.1 Å². The van der Waals surface area contributed by atoms with Crippen molar-refractivity contribution >= 4 is 19.3 Å². The third-order valence-electron chi connectivity index (χ3n) is 8.33. The number of rotatable bonds is 2. The molecule has 0 fully saturated rings. The first-order valence-corrected chi connectivity index (χ1v) is 17.4. The third-order valence-corrected chi connectivity index (χ3v) is 14.3. The average Bonchev–Trinajstić information content (AvgIpc) is 3.53. The number of benzene rings is 3. The number of hydrogen-bond donors (Lipinski definition) is 0. The monoisotopic (exact) mass is 630 g/mol. The van der Waals surface area contributed by atoms with Crippen molar-refractivity contribution in [3.05, 3.63) is 124 Å². The summed E-state index contributed by atoms with van der Waals surface area (Å²) in [7, 11) is -1.19. The maximum Gasteiger partial charge on any atom is -1.00 e. The predicted molar refractivity (Wildman–Crippen MR) is 152 cm³/mol. The number of para-hydroxylation sites is 1. The quantitative estimate of drug-likeness (QED) is 0.300. The van der Waals surface area contributed by atoms with Crippen LogP contribution in [0.25, 0.3) is 28.1 Å². The molecule has 38 heavy (non-hydrogen) atoms. The van der Waals surface area contributed by atoms with Crippen molar-refractivity contribution in [2.75, 3.05) is 0 Å². The van der Waals surface area contributed by atoms with Crippen LogP contribution in [0.3, 0.4) is 0 Å². The molecule has 2 aliphatic carbocycles. The molecule has 0 amide bonds. The zero-order valence-corrected chi connectivity index (χ0v) is 27.5. The number of aryl methyl sites for hydroxylation is 1. The van der Waals surface area contributed by atoms with Crippen molar-refractivity contribution in [2.45, 2.75) is 43.0 Å². The Balaban J connectivity index is 0.000000169. The molecule has 8 rings (SSSR count). The molecule has 1 nitrogen and oxygen atoms in total. The van der Waals surface area contributed by atoms with E-state index in [4.69, 9.17) is 0 Å². The summed E-state index contributed by atoms with van der Waals surface area (Å²) < 4.78 is 3.12. The summed E-state index contributed by atoms with van der Waals surface area (Å²) in [6.07, 6.45) is 2.36. The Labute approximate surface area is 255 Å². The van der Waals surface area contributed by atoms with E-state index in [1.807, 2.05) is 0 Å². The minimum Gasteiger partial charge on any atom is -1.00 e. The zero-order chi connectivity index (χ0) is 25.2. The van der Waals surface area contributed by atoms with Crippen LogP contribution in [-0.4, -0.2) is 12.6 Å². The van der Waals surface area contributed by atoms with Crippen LogP contribution in [0, 0.1) is 6.92 Å². The van der Waals surface area contributed by atoms with Crippen molar-refractivity contribution in [2.24, 2.45) is 0 Å². The normalized spacial score (nSPS) is 19.2. The number of nitrogens with zero attached hydrogens (tertiary/aromatic N) is 1. The third kappa shape index (κ3) is 4.40. The van der Waals surface area contributed by atoms with Gasteiger partial charge < -0.3 is 29.4 Å². The second-order valence-electron chi connectivity index (χ2n) is 11.0. The van der Waals surface area contributed by atoms with E-state index >= 15 is 0 Å². The van der Waals surface area contributed by atoms with Crippen LogP contribution in [-0.2, 0) is 24.7 Å². The molecule has 4 aromatic rings. The van der Waals surface area contributed by atoms with Gasteiger partial charge in [0, 0.05) is 22.6 Å². The Morgan fingerprint density at radius 1 is 0.763 bits per heavy atom. The van der Waals surface area contributed by atoms with Gasteiger partial charge in [0.1, 0.15) is 0 Å². The summed E-state index contributed by atoms with van der Waals surface area (Å²) in [6, 6.07) is 30.5. The Hall–Kier alpha value is -1.90. The first-order valence-electron chi connectivity index (χ1n) is 12.9. The fraction of sp³-hybridized carbons (Fsp3) is 0.212. The fourth-order valence-corrected chi connectivity index (χ4v) is 12.0.